The molecule has 1 spiro atoms. The summed E-state index contributed by atoms with van der Waals surface area (Å²) in [4.78, 5) is 14.0. The van der Waals surface area contributed by atoms with Crippen molar-refractivity contribution in [3.8, 4) is 0 Å². The summed E-state index contributed by atoms with van der Waals surface area (Å²) < 4.78 is 18.9. The van der Waals surface area contributed by atoms with Gasteiger partial charge < -0.3 is 9.64 Å². The molecule has 0 radical (unpaired) electrons. The van der Waals surface area contributed by atoms with Gasteiger partial charge in [0, 0.05) is 25.6 Å². The first-order chi connectivity index (χ1) is 9.03. The monoisotopic (exact) mass is 263 g/mol. The van der Waals surface area contributed by atoms with Crippen LogP contribution in [0.2, 0.25) is 0 Å². The lowest BCUT2D eigenvalue weighted by atomic mass is 9.61. The SMILES string of the molecule is COC1CC2(C1)CN(C(=O)c1cc(C)ccc1F)C2. The molecule has 1 aliphatic carbocycles. The van der Waals surface area contributed by atoms with Crippen LogP contribution in [0.15, 0.2) is 18.2 Å². The van der Waals surface area contributed by atoms with E-state index in [0.717, 1.165) is 31.5 Å². The fraction of sp³-hybridized carbons (Fsp3) is 0.533. The number of methoxy groups -OCH3 is 1. The van der Waals surface area contributed by atoms with Crippen molar-refractivity contribution in [2.75, 3.05) is 20.2 Å². The molecule has 1 aromatic carbocycles. The number of carbonyl (C=O) groups excluding carboxylic acids is 1. The molecule has 102 valence electrons. The van der Waals surface area contributed by atoms with Crippen molar-refractivity contribution in [2.24, 2.45) is 5.41 Å². The van der Waals surface area contributed by atoms with E-state index in [9.17, 15) is 9.18 Å². The molecule has 0 aromatic heterocycles. The number of hydrogen-bond donors (Lipinski definition) is 0. The molecule has 3 rings (SSSR count). The zero-order valence-electron chi connectivity index (χ0n) is 11.3. The van der Waals surface area contributed by atoms with Crippen LogP contribution >= 0.6 is 0 Å². The van der Waals surface area contributed by atoms with Crippen LogP contribution in [0.3, 0.4) is 0 Å². The molecule has 1 saturated carbocycles. The summed E-state index contributed by atoms with van der Waals surface area (Å²) in [7, 11) is 1.72. The first kappa shape index (κ1) is 12.6. The number of likely N-dealkylation sites (tertiary alicyclic amines) is 1. The molecule has 19 heavy (non-hydrogen) atoms. The maximum Gasteiger partial charge on any atom is 0.256 e. The average molecular weight is 263 g/mol. The van der Waals surface area contributed by atoms with Gasteiger partial charge in [-0.25, -0.2) is 4.39 Å². The first-order valence-corrected chi connectivity index (χ1v) is 6.61. The number of nitrogens with zero attached hydrogens (tertiary/aromatic N) is 1. The Balaban J connectivity index is 1.66. The van der Waals surface area contributed by atoms with Gasteiger partial charge in [0.1, 0.15) is 5.82 Å². The molecule has 1 aromatic rings. The van der Waals surface area contributed by atoms with Crippen LogP contribution in [0.4, 0.5) is 4.39 Å². The van der Waals surface area contributed by atoms with Crippen molar-refractivity contribution in [2.45, 2.75) is 25.9 Å². The molecule has 0 unspecified atom stereocenters. The fourth-order valence-electron chi connectivity index (χ4n) is 3.21. The third kappa shape index (κ3) is 2.04. The van der Waals surface area contributed by atoms with Crippen LogP contribution < -0.4 is 0 Å². The third-order valence-corrected chi connectivity index (χ3v) is 4.35. The van der Waals surface area contributed by atoms with Crippen molar-refractivity contribution in [3.05, 3.63) is 35.1 Å². The minimum atomic E-state index is -0.431. The van der Waals surface area contributed by atoms with E-state index in [-0.39, 0.29) is 16.9 Å². The summed E-state index contributed by atoms with van der Waals surface area (Å²) in [6, 6.07) is 4.67. The minimum Gasteiger partial charge on any atom is -0.381 e. The quantitative estimate of drug-likeness (QED) is 0.820. The Labute approximate surface area is 112 Å². The Hall–Kier alpha value is -1.42. The second kappa shape index (κ2) is 4.30. The molecule has 1 heterocycles. The van der Waals surface area contributed by atoms with Crippen molar-refractivity contribution < 1.29 is 13.9 Å². The molecule has 0 bridgehead atoms. The van der Waals surface area contributed by atoms with Crippen LogP contribution in [-0.2, 0) is 4.74 Å². The maximum absolute atomic E-state index is 13.7. The van der Waals surface area contributed by atoms with Gasteiger partial charge in [0.2, 0.25) is 0 Å². The Kier molecular flexibility index (Phi) is 2.86. The molecule has 2 aliphatic rings. The van der Waals surface area contributed by atoms with Gasteiger partial charge >= 0.3 is 0 Å². The minimum absolute atomic E-state index is 0.187. The molecule has 2 fully saturated rings. The molecule has 4 heteroatoms. The number of rotatable bonds is 2. The summed E-state index contributed by atoms with van der Waals surface area (Å²) >= 11 is 0. The van der Waals surface area contributed by atoms with E-state index >= 15 is 0 Å². The molecule has 3 nitrogen and oxygen atoms in total. The zero-order valence-corrected chi connectivity index (χ0v) is 11.3. The molecule has 1 aliphatic heterocycles. The van der Waals surface area contributed by atoms with Crippen molar-refractivity contribution >= 4 is 5.91 Å². The lowest BCUT2D eigenvalue weighted by Gasteiger charge is -2.58. The largest absolute Gasteiger partial charge is 0.381 e. The van der Waals surface area contributed by atoms with Gasteiger partial charge in [-0.2, -0.15) is 0 Å². The van der Waals surface area contributed by atoms with E-state index in [0.29, 0.717) is 6.10 Å². The summed E-state index contributed by atoms with van der Waals surface area (Å²) in [6.07, 6.45) is 2.38. The second-order valence-electron chi connectivity index (χ2n) is 5.91. The topological polar surface area (TPSA) is 29.5 Å². The number of benzene rings is 1. The first-order valence-electron chi connectivity index (χ1n) is 6.61. The molecule has 0 N–H and O–H groups in total. The number of halogens is 1. The van der Waals surface area contributed by atoms with E-state index in [1.165, 1.54) is 6.07 Å². The lowest BCUT2D eigenvalue weighted by molar-refractivity contribution is -0.126. The van der Waals surface area contributed by atoms with Crippen LogP contribution in [-0.4, -0.2) is 37.1 Å². The Morgan fingerprint density at radius 2 is 2.11 bits per heavy atom. The van der Waals surface area contributed by atoms with Crippen LogP contribution in [0.25, 0.3) is 0 Å². The number of carbonyl (C=O) groups is 1. The van der Waals surface area contributed by atoms with Gasteiger partial charge in [0.15, 0.2) is 0 Å². The van der Waals surface area contributed by atoms with E-state index in [1.54, 1.807) is 24.1 Å². The Morgan fingerprint density at radius 1 is 1.42 bits per heavy atom. The zero-order chi connectivity index (χ0) is 13.6. The number of aryl methyl sites for hydroxylation is 1. The average Bonchev–Trinajstić information content (AvgIpc) is 2.29. The predicted molar refractivity (Wildman–Crippen MR) is 69.5 cm³/mol. The number of amides is 1. The highest BCUT2D eigenvalue weighted by atomic mass is 19.1. The summed E-state index contributed by atoms with van der Waals surface area (Å²) in [5.41, 5.74) is 1.34. The van der Waals surface area contributed by atoms with Gasteiger partial charge in [-0.15, -0.1) is 0 Å². The summed E-state index contributed by atoms with van der Waals surface area (Å²) in [6.45, 7) is 3.33. The van der Waals surface area contributed by atoms with Gasteiger partial charge in [-0.05, 0) is 31.9 Å². The number of hydrogen-bond acceptors (Lipinski definition) is 2. The van der Waals surface area contributed by atoms with Gasteiger partial charge in [-0.1, -0.05) is 11.6 Å². The van der Waals surface area contributed by atoms with Crippen molar-refractivity contribution in [3.63, 3.8) is 0 Å². The lowest BCUT2D eigenvalue weighted by Crippen LogP contribution is -2.65. The van der Waals surface area contributed by atoms with E-state index in [1.807, 2.05) is 6.92 Å². The van der Waals surface area contributed by atoms with Gasteiger partial charge in [0.05, 0.1) is 11.7 Å². The van der Waals surface area contributed by atoms with Gasteiger partial charge in [-0.3, -0.25) is 4.79 Å². The van der Waals surface area contributed by atoms with E-state index < -0.39 is 5.82 Å². The second-order valence-corrected chi connectivity index (χ2v) is 5.91. The van der Waals surface area contributed by atoms with E-state index in [4.69, 9.17) is 4.74 Å². The highest BCUT2D eigenvalue weighted by molar-refractivity contribution is 5.95. The Bertz CT molecular complexity index is 515. The highest BCUT2D eigenvalue weighted by Crippen LogP contribution is 2.49. The van der Waals surface area contributed by atoms with Crippen LogP contribution in [0.1, 0.15) is 28.8 Å². The van der Waals surface area contributed by atoms with Crippen LogP contribution in [0.5, 0.6) is 0 Å². The van der Waals surface area contributed by atoms with Crippen LogP contribution in [0, 0.1) is 18.2 Å². The van der Waals surface area contributed by atoms with Crippen molar-refractivity contribution in [1.82, 2.24) is 4.90 Å². The summed E-state index contributed by atoms with van der Waals surface area (Å²) in [5.74, 6) is -0.618. The molecule has 1 saturated heterocycles. The fourth-order valence-corrected chi connectivity index (χ4v) is 3.21. The molecule has 1 amide bonds. The van der Waals surface area contributed by atoms with Gasteiger partial charge in [0.25, 0.3) is 5.91 Å². The molecular formula is C15H18FNO2. The molecular weight excluding hydrogens is 245 g/mol. The Morgan fingerprint density at radius 3 is 2.74 bits per heavy atom. The standard InChI is InChI=1S/C15H18FNO2/c1-10-3-4-13(16)12(5-10)14(18)17-8-15(9-17)6-11(7-15)19-2/h3-5,11H,6-9H2,1-2H3. The predicted octanol–water partition coefficient (Wildman–Crippen LogP) is 2.39. The maximum atomic E-state index is 13.7. The van der Waals surface area contributed by atoms with Crippen molar-refractivity contribution in [1.29, 1.82) is 0 Å². The highest BCUT2D eigenvalue weighted by Gasteiger charge is 2.54. The summed E-state index contributed by atoms with van der Waals surface area (Å²) in [5, 5.41) is 0. The third-order valence-electron chi connectivity index (χ3n) is 4.35. The normalized spacial score (nSPS) is 21.1. The van der Waals surface area contributed by atoms with E-state index in [2.05, 4.69) is 0 Å². The molecule has 0 atom stereocenters. The smallest absolute Gasteiger partial charge is 0.256 e. The number of ether oxygens (including phenoxy) is 1.